The molecule has 0 aromatic carbocycles. The van der Waals surface area contributed by atoms with Gasteiger partial charge in [0.2, 0.25) is 0 Å². The van der Waals surface area contributed by atoms with E-state index in [-0.39, 0.29) is 0 Å². The maximum Gasteiger partial charge on any atom is 0.150 e. The average molecular weight is 136 g/mol. The molecule has 0 unspecified atom stereocenters. The smallest absolute Gasteiger partial charge is 0.150 e. The van der Waals surface area contributed by atoms with Gasteiger partial charge in [0.1, 0.15) is 12.6 Å². The fourth-order valence-corrected chi connectivity index (χ4v) is 0.367. The van der Waals surface area contributed by atoms with Crippen molar-refractivity contribution in [3.63, 3.8) is 0 Å². The van der Waals surface area contributed by atoms with E-state index < -0.39 is 0 Å². The monoisotopic (exact) mass is 136 g/mol. The summed E-state index contributed by atoms with van der Waals surface area (Å²) < 4.78 is 0. The molecule has 0 fully saturated rings. The van der Waals surface area contributed by atoms with E-state index in [1.165, 1.54) is 24.3 Å². The van der Waals surface area contributed by atoms with E-state index in [1.54, 1.807) is 0 Å². The lowest BCUT2D eigenvalue weighted by Crippen LogP contribution is -1.74. The minimum atomic E-state index is 0.457. The SMILES string of the molecule is C=C/C(C=O)=C\C=C\C=O. The Bertz CT molecular complexity index is 177. The van der Waals surface area contributed by atoms with E-state index in [1.807, 2.05) is 0 Å². The summed E-state index contributed by atoms with van der Waals surface area (Å²) in [5, 5.41) is 0. The summed E-state index contributed by atoms with van der Waals surface area (Å²) in [6.07, 6.45) is 7.02. The molecule has 0 N–H and O–H groups in total. The molecule has 10 heavy (non-hydrogen) atoms. The average Bonchev–Trinajstić information content (AvgIpc) is 1.99. The zero-order valence-electron chi connectivity index (χ0n) is 5.49. The molecule has 0 radical (unpaired) electrons. The quantitative estimate of drug-likeness (QED) is 0.329. The summed E-state index contributed by atoms with van der Waals surface area (Å²) in [5.41, 5.74) is 0.457. The molecule has 0 aliphatic carbocycles. The first-order chi connectivity index (χ1) is 4.85. The van der Waals surface area contributed by atoms with Crippen LogP contribution >= 0.6 is 0 Å². The molecule has 0 aromatic rings. The molecule has 0 heterocycles. The van der Waals surface area contributed by atoms with Gasteiger partial charge >= 0.3 is 0 Å². The van der Waals surface area contributed by atoms with Crippen LogP contribution in [0.15, 0.2) is 36.5 Å². The summed E-state index contributed by atoms with van der Waals surface area (Å²) >= 11 is 0. The van der Waals surface area contributed by atoms with Crippen molar-refractivity contribution in [3.05, 3.63) is 36.5 Å². The van der Waals surface area contributed by atoms with E-state index in [4.69, 9.17) is 0 Å². The molecular formula is C8H8O2. The topological polar surface area (TPSA) is 34.1 Å². The summed E-state index contributed by atoms with van der Waals surface area (Å²) in [7, 11) is 0. The van der Waals surface area contributed by atoms with Gasteiger partial charge in [-0.1, -0.05) is 24.8 Å². The van der Waals surface area contributed by atoms with Gasteiger partial charge in [-0.2, -0.15) is 0 Å². The largest absolute Gasteiger partial charge is 0.299 e. The third kappa shape index (κ3) is 3.55. The summed E-state index contributed by atoms with van der Waals surface area (Å²) in [6.45, 7) is 3.39. The highest BCUT2D eigenvalue weighted by Gasteiger charge is 1.80. The summed E-state index contributed by atoms with van der Waals surface area (Å²) in [6, 6.07) is 0. The third-order valence-corrected chi connectivity index (χ3v) is 0.850. The van der Waals surface area contributed by atoms with Crippen molar-refractivity contribution in [2.24, 2.45) is 0 Å². The number of hydrogen-bond donors (Lipinski definition) is 0. The van der Waals surface area contributed by atoms with E-state index in [0.29, 0.717) is 18.1 Å². The van der Waals surface area contributed by atoms with Gasteiger partial charge in [0.25, 0.3) is 0 Å². The Morgan fingerprint density at radius 1 is 1.20 bits per heavy atom. The van der Waals surface area contributed by atoms with Crippen LogP contribution in [-0.4, -0.2) is 12.6 Å². The Labute approximate surface area is 59.5 Å². The van der Waals surface area contributed by atoms with E-state index in [0.717, 1.165) is 0 Å². The molecule has 0 spiro atoms. The van der Waals surface area contributed by atoms with Crippen molar-refractivity contribution in [3.8, 4) is 0 Å². The van der Waals surface area contributed by atoms with Crippen LogP contribution in [0.5, 0.6) is 0 Å². The lowest BCUT2D eigenvalue weighted by atomic mass is 10.2. The van der Waals surface area contributed by atoms with Crippen LogP contribution in [0.3, 0.4) is 0 Å². The van der Waals surface area contributed by atoms with Crippen molar-refractivity contribution in [2.45, 2.75) is 0 Å². The van der Waals surface area contributed by atoms with E-state index in [9.17, 15) is 9.59 Å². The van der Waals surface area contributed by atoms with Crippen molar-refractivity contribution in [1.82, 2.24) is 0 Å². The number of rotatable bonds is 4. The van der Waals surface area contributed by atoms with Gasteiger partial charge in [-0.05, 0) is 6.08 Å². The number of hydrogen-bond acceptors (Lipinski definition) is 2. The Hall–Kier alpha value is -1.44. The molecule has 2 nitrogen and oxygen atoms in total. The third-order valence-electron chi connectivity index (χ3n) is 0.850. The molecule has 0 aliphatic heterocycles. The van der Waals surface area contributed by atoms with Gasteiger partial charge in [-0.3, -0.25) is 9.59 Å². The van der Waals surface area contributed by atoms with Crippen LogP contribution < -0.4 is 0 Å². The second-order valence-corrected chi connectivity index (χ2v) is 1.51. The first-order valence-corrected chi connectivity index (χ1v) is 2.75. The zero-order valence-corrected chi connectivity index (χ0v) is 5.49. The molecule has 0 rings (SSSR count). The van der Waals surface area contributed by atoms with Gasteiger partial charge in [0, 0.05) is 5.57 Å². The molecule has 2 heteroatoms. The highest BCUT2D eigenvalue weighted by atomic mass is 16.1. The Balaban J connectivity index is 4.10. The van der Waals surface area contributed by atoms with Crippen LogP contribution in [0.1, 0.15) is 0 Å². The molecule has 0 amide bonds. The van der Waals surface area contributed by atoms with Gasteiger partial charge in [-0.25, -0.2) is 0 Å². The standard InChI is InChI=1S/C8H8O2/c1-2-8(7-10)5-3-4-6-9/h2-7H,1H2/b4-3+,8-5+. The van der Waals surface area contributed by atoms with Crippen LogP contribution in [-0.2, 0) is 9.59 Å². The molecule has 0 saturated carbocycles. The normalized spacial score (nSPS) is 11.4. The van der Waals surface area contributed by atoms with Crippen LogP contribution in [0.2, 0.25) is 0 Å². The van der Waals surface area contributed by atoms with Gasteiger partial charge < -0.3 is 0 Å². The van der Waals surface area contributed by atoms with Crippen LogP contribution in [0.25, 0.3) is 0 Å². The van der Waals surface area contributed by atoms with Gasteiger partial charge in [0.05, 0.1) is 0 Å². The molecule has 0 atom stereocenters. The van der Waals surface area contributed by atoms with Gasteiger partial charge in [-0.15, -0.1) is 0 Å². The predicted octanol–water partition coefficient (Wildman–Crippen LogP) is 1.05. The number of carbonyl (C=O) groups excluding carboxylic acids is 2. The molecular weight excluding hydrogens is 128 g/mol. The fourth-order valence-electron chi connectivity index (χ4n) is 0.367. The van der Waals surface area contributed by atoms with E-state index >= 15 is 0 Å². The van der Waals surface area contributed by atoms with Crippen molar-refractivity contribution in [2.75, 3.05) is 0 Å². The zero-order chi connectivity index (χ0) is 7.82. The highest BCUT2D eigenvalue weighted by Crippen LogP contribution is 1.89. The number of carbonyl (C=O) groups is 2. The first-order valence-electron chi connectivity index (χ1n) is 2.75. The number of allylic oxidation sites excluding steroid dienone is 5. The van der Waals surface area contributed by atoms with Crippen LogP contribution in [0.4, 0.5) is 0 Å². The van der Waals surface area contributed by atoms with Gasteiger partial charge in [0.15, 0.2) is 0 Å². The van der Waals surface area contributed by atoms with Crippen molar-refractivity contribution in [1.29, 1.82) is 0 Å². The second-order valence-electron chi connectivity index (χ2n) is 1.51. The molecule has 0 saturated heterocycles. The predicted molar refractivity (Wildman–Crippen MR) is 39.5 cm³/mol. The minimum absolute atomic E-state index is 0.457. The first kappa shape index (κ1) is 8.56. The lowest BCUT2D eigenvalue weighted by molar-refractivity contribution is -0.105. The Morgan fingerprint density at radius 3 is 2.30 bits per heavy atom. The molecule has 0 aromatic heterocycles. The highest BCUT2D eigenvalue weighted by molar-refractivity contribution is 5.78. The summed E-state index contributed by atoms with van der Waals surface area (Å²) in [4.78, 5) is 19.8. The fraction of sp³-hybridized carbons (Fsp3) is 0. The molecule has 0 aliphatic rings. The Morgan fingerprint density at radius 2 is 1.90 bits per heavy atom. The molecule has 0 bridgehead atoms. The maximum atomic E-state index is 10.1. The minimum Gasteiger partial charge on any atom is -0.299 e. The van der Waals surface area contributed by atoms with E-state index in [2.05, 4.69) is 6.58 Å². The van der Waals surface area contributed by atoms with Crippen molar-refractivity contribution < 1.29 is 9.59 Å². The number of aldehydes is 2. The maximum absolute atomic E-state index is 10.1. The van der Waals surface area contributed by atoms with Crippen molar-refractivity contribution >= 4 is 12.6 Å². The van der Waals surface area contributed by atoms with Crippen LogP contribution in [0, 0.1) is 0 Å². The molecule has 52 valence electrons. The summed E-state index contributed by atoms with van der Waals surface area (Å²) in [5.74, 6) is 0. The second kappa shape index (κ2) is 5.69. The Kier molecular flexibility index (Phi) is 4.87. The lowest BCUT2D eigenvalue weighted by Gasteiger charge is -1.80.